The van der Waals surface area contributed by atoms with Gasteiger partial charge in [-0.05, 0) is 0 Å². The molecule has 0 fully saturated rings. The van der Waals surface area contributed by atoms with Crippen molar-refractivity contribution in [1.29, 1.82) is 0 Å². The Balaban J connectivity index is 2.67. The molecule has 3 heteroatoms. The zero-order valence-corrected chi connectivity index (χ0v) is 4.28. The maximum absolute atomic E-state index is 4.03. The van der Waals surface area contributed by atoms with Crippen molar-refractivity contribution in [3.05, 3.63) is 18.2 Å². The molecule has 0 N–H and O–H groups in total. The molecule has 0 radical (unpaired) electrons. The molecule has 0 unspecified atom stereocenters. The van der Waals surface area contributed by atoms with Crippen LogP contribution in [0.15, 0.2) is 17.5 Å². The van der Waals surface area contributed by atoms with Gasteiger partial charge in [0.25, 0.3) is 0 Å². The molecule has 2 rings (SSSR count). The molecular weight excluding hydrogens is 102 g/mol. The Labute approximate surface area is 46.7 Å². The maximum Gasteiger partial charge on any atom is 0.135 e. The molecule has 1 aromatic rings. The van der Waals surface area contributed by atoms with E-state index in [1.807, 2.05) is 12.4 Å². The van der Waals surface area contributed by atoms with Crippen molar-refractivity contribution in [1.82, 2.24) is 9.66 Å². The van der Waals surface area contributed by atoms with Gasteiger partial charge in [0.05, 0.1) is 0 Å². The molecule has 0 aliphatic carbocycles. The van der Waals surface area contributed by atoms with Crippen LogP contribution in [-0.2, 0) is 6.42 Å². The molecule has 8 heavy (non-hydrogen) atoms. The predicted molar refractivity (Wildman–Crippen MR) is 29.8 cm³/mol. The van der Waals surface area contributed by atoms with Crippen LogP contribution in [0.5, 0.6) is 0 Å². The van der Waals surface area contributed by atoms with E-state index in [-0.39, 0.29) is 0 Å². The number of imidazole rings is 1. The topological polar surface area (TPSA) is 30.2 Å². The minimum Gasteiger partial charge on any atom is -0.239 e. The zero-order valence-electron chi connectivity index (χ0n) is 4.28. The van der Waals surface area contributed by atoms with Gasteiger partial charge in [-0.3, -0.25) is 0 Å². The van der Waals surface area contributed by atoms with Crippen LogP contribution in [0.1, 0.15) is 5.82 Å². The summed E-state index contributed by atoms with van der Waals surface area (Å²) in [6.07, 6.45) is 6.33. The lowest BCUT2D eigenvalue weighted by molar-refractivity contribution is 0.860. The van der Waals surface area contributed by atoms with E-state index in [4.69, 9.17) is 0 Å². The first-order valence-corrected chi connectivity index (χ1v) is 2.52. The number of rotatable bonds is 0. The molecule has 0 aromatic carbocycles. The molecular formula is C5H5N3. The highest BCUT2D eigenvalue weighted by atomic mass is 15.4. The van der Waals surface area contributed by atoms with E-state index in [0.717, 1.165) is 12.2 Å². The van der Waals surface area contributed by atoms with E-state index in [1.165, 1.54) is 0 Å². The lowest BCUT2D eigenvalue weighted by Crippen LogP contribution is -1.85. The van der Waals surface area contributed by atoms with Gasteiger partial charge >= 0.3 is 0 Å². The third-order valence-electron chi connectivity index (χ3n) is 1.18. The molecule has 0 saturated heterocycles. The van der Waals surface area contributed by atoms with Crippen molar-refractivity contribution in [2.45, 2.75) is 6.42 Å². The van der Waals surface area contributed by atoms with Gasteiger partial charge < -0.3 is 0 Å². The molecule has 40 valence electrons. The molecule has 0 amide bonds. The Kier molecular flexibility index (Phi) is 0.566. The highest BCUT2D eigenvalue weighted by Crippen LogP contribution is 2.01. The van der Waals surface area contributed by atoms with E-state index in [1.54, 1.807) is 10.9 Å². The minimum atomic E-state index is 0.882. The normalized spacial score (nSPS) is 14.5. The summed E-state index contributed by atoms with van der Waals surface area (Å²) in [5, 5.41) is 3.99. The highest BCUT2D eigenvalue weighted by Gasteiger charge is 2.02. The summed E-state index contributed by atoms with van der Waals surface area (Å²) in [6, 6.07) is 0. The minimum absolute atomic E-state index is 0.882. The second kappa shape index (κ2) is 1.18. The van der Waals surface area contributed by atoms with E-state index in [9.17, 15) is 0 Å². The van der Waals surface area contributed by atoms with Crippen molar-refractivity contribution in [2.75, 3.05) is 0 Å². The summed E-state index contributed by atoms with van der Waals surface area (Å²) < 4.78 is 1.78. The molecule has 0 atom stereocenters. The summed E-state index contributed by atoms with van der Waals surface area (Å²) in [6.45, 7) is 0. The van der Waals surface area contributed by atoms with Crippen LogP contribution >= 0.6 is 0 Å². The highest BCUT2D eigenvalue weighted by molar-refractivity contribution is 5.62. The Morgan fingerprint density at radius 2 is 2.62 bits per heavy atom. The number of fused-ring (bicyclic) bond motifs is 1. The second-order valence-corrected chi connectivity index (χ2v) is 1.69. The first-order chi connectivity index (χ1) is 3.97. The summed E-state index contributed by atoms with van der Waals surface area (Å²) in [7, 11) is 0. The first kappa shape index (κ1) is 3.83. The van der Waals surface area contributed by atoms with E-state index < -0.39 is 0 Å². The zero-order chi connectivity index (χ0) is 5.40. The Bertz CT molecular complexity index is 223. The second-order valence-electron chi connectivity index (χ2n) is 1.69. The maximum atomic E-state index is 4.03. The molecule has 1 aliphatic heterocycles. The summed E-state index contributed by atoms with van der Waals surface area (Å²) in [5.74, 6) is 1.03. The average Bonchev–Trinajstić information content (AvgIpc) is 2.15. The van der Waals surface area contributed by atoms with Crippen molar-refractivity contribution < 1.29 is 0 Å². The van der Waals surface area contributed by atoms with Crippen LogP contribution in [0.3, 0.4) is 0 Å². The molecule has 0 saturated carbocycles. The lowest BCUT2D eigenvalue weighted by Gasteiger charge is -1.83. The van der Waals surface area contributed by atoms with Crippen LogP contribution in [0.4, 0.5) is 0 Å². The Morgan fingerprint density at radius 3 is 3.50 bits per heavy atom. The van der Waals surface area contributed by atoms with Crippen molar-refractivity contribution >= 4 is 6.21 Å². The van der Waals surface area contributed by atoms with Gasteiger partial charge in [0.15, 0.2) is 0 Å². The van der Waals surface area contributed by atoms with Crippen molar-refractivity contribution in [3.63, 3.8) is 0 Å². The van der Waals surface area contributed by atoms with Crippen molar-refractivity contribution in [2.24, 2.45) is 5.10 Å². The van der Waals surface area contributed by atoms with E-state index in [2.05, 4.69) is 10.1 Å². The number of nitrogens with zero attached hydrogens (tertiary/aromatic N) is 3. The van der Waals surface area contributed by atoms with Crippen LogP contribution in [0, 0.1) is 0 Å². The third-order valence-corrected chi connectivity index (χ3v) is 1.18. The SMILES string of the molecule is C1=Nn2ccnc2C1. The van der Waals surface area contributed by atoms with Gasteiger partial charge in [0.2, 0.25) is 0 Å². The summed E-state index contributed by atoms with van der Waals surface area (Å²) in [5.41, 5.74) is 0. The number of aromatic nitrogens is 2. The Morgan fingerprint density at radius 1 is 1.62 bits per heavy atom. The predicted octanol–water partition coefficient (Wildman–Crippen LogP) is 0.273. The van der Waals surface area contributed by atoms with E-state index in [0.29, 0.717) is 0 Å². The number of hydrogen-bond acceptors (Lipinski definition) is 2. The fourth-order valence-corrected chi connectivity index (χ4v) is 0.790. The fourth-order valence-electron chi connectivity index (χ4n) is 0.790. The van der Waals surface area contributed by atoms with Crippen LogP contribution in [0.25, 0.3) is 0 Å². The van der Waals surface area contributed by atoms with Crippen LogP contribution < -0.4 is 0 Å². The quantitative estimate of drug-likeness (QED) is 0.468. The van der Waals surface area contributed by atoms with Gasteiger partial charge in [-0.25, -0.2) is 9.66 Å². The smallest absolute Gasteiger partial charge is 0.135 e. The van der Waals surface area contributed by atoms with Gasteiger partial charge in [-0.15, -0.1) is 0 Å². The molecule has 0 spiro atoms. The van der Waals surface area contributed by atoms with Gasteiger partial charge in [0.1, 0.15) is 5.82 Å². The molecule has 2 heterocycles. The molecule has 1 aliphatic rings. The summed E-state index contributed by atoms with van der Waals surface area (Å²) >= 11 is 0. The standard InChI is InChI=1S/C5H5N3/c1-2-7-8-4-3-6-5(1)8/h2-4H,1H2. The van der Waals surface area contributed by atoms with Gasteiger partial charge in [0, 0.05) is 25.0 Å². The monoisotopic (exact) mass is 107 g/mol. The number of hydrogen-bond donors (Lipinski definition) is 0. The lowest BCUT2D eigenvalue weighted by atomic mass is 10.5. The third kappa shape index (κ3) is 0.332. The van der Waals surface area contributed by atoms with Crippen LogP contribution in [-0.4, -0.2) is 15.9 Å². The summed E-state index contributed by atoms with van der Waals surface area (Å²) in [4.78, 5) is 4.03. The Hall–Kier alpha value is -1.12. The van der Waals surface area contributed by atoms with Crippen molar-refractivity contribution in [3.8, 4) is 0 Å². The molecule has 0 bridgehead atoms. The average molecular weight is 107 g/mol. The largest absolute Gasteiger partial charge is 0.239 e. The van der Waals surface area contributed by atoms with Gasteiger partial charge in [-0.1, -0.05) is 0 Å². The first-order valence-electron chi connectivity index (χ1n) is 2.52. The van der Waals surface area contributed by atoms with Crippen LogP contribution in [0.2, 0.25) is 0 Å². The van der Waals surface area contributed by atoms with E-state index >= 15 is 0 Å². The molecule has 1 aromatic heterocycles. The van der Waals surface area contributed by atoms with Gasteiger partial charge in [-0.2, -0.15) is 5.10 Å². The fraction of sp³-hybridized carbons (Fsp3) is 0.200. The molecule has 3 nitrogen and oxygen atoms in total.